The van der Waals surface area contributed by atoms with Crippen molar-refractivity contribution in [2.75, 3.05) is 18.1 Å². The smallest absolute Gasteiger partial charge is 0.120 e. The van der Waals surface area contributed by atoms with Crippen LogP contribution >= 0.6 is 11.8 Å². The van der Waals surface area contributed by atoms with Crippen molar-refractivity contribution in [3.63, 3.8) is 0 Å². The summed E-state index contributed by atoms with van der Waals surface area (Å²) in [4.78, 5) is 1.14. The Morgan fingerprint density at radius 1 is 1.25 bits per heavy atom. The maximum Gasteiger partial charge on any atom is 0.120 e. The Balaban J connectivity index is 2.52. The standard InChI is InChI=1S/C13H21NOS/c1-3-5-6-9-16-13-10-11(15-4-2)7-8-12(13)14/h7-8,10H,3-6,9,14H2,1-2H3. The second-order valence-corrected chi connectivity index (χ2v) is 4.82. The van der Waals surface area contributed by atoms with E-state index < -0.39 is 0 Å². The summed E-state index contributed by atoms with van der Waals surface area (Å²) in [5, 5.41) is 0. The molecule has 0 fully saturated rings. The van der Waals surface area contributed by atoms with E-state index in [1.165, 1.54) is 19.3 Å². The molecule has 0 saturated carbocycles. The Hall–Kier alpha value is -0.830. The molecule has 1 aromatic rings. The predicted molar refractivity (Wildman–Crippen MR) is 72.3 cm³/mol. The number of hydrogen-bond acceptors (Lipinski definition) is 3. The number of benzene rings is 1. The monoisotopic (exact) mass is 239 g/mol. The minimum Gasteiger partial charge on any atom is -0.494 e. The molecule has 0 amide bonds. The number of hydrogen-bond donors (Lipinski definition) is 1. The van der Waals surface area contributed by atoms with E-state index in [0.29, 0.717) is 6.61 Å². The topological polar surface area (TPSA) is 35.2 Å². The third-order valence-corrected chi connectivity index (χ3v) is 3.46. The van der Waals surface area contributed by atoms with E-state index in [0.717, 1.165) is 22.1 Å². The van der Waals surface area contributed by atoms with Crippen LogP contribution in [0.3, 0.4) is 0 Å². The summed E-state index contributed by atoms with van der Waals surface area (Å²) < 4.78 is 5.46. The Bertz CT molecular complexity index is 315. The quantitative estimate of drug-likeness (QED) is 0.444. The molecule has 0 aliphatic rings. The zero-order chi connectivity index (χ0) is 11.8. The average molecular weight is 239 g/mol. The van der Waals surface area contributed by atoms with Crippen LogP contribution in [-0.4, -0.2) is 12.4 Å². The van der Waals surface area contributed by atoms with Crippen LogP contribution in [0.4, 0.5) is 5.69 Å². The van der Waals surface area contributed by atoms with E-state index in [1.807, 2.05) is 36.9 Å². The molecule has 90 valence electrons. The van der Waals surface area contributed by atoms with Crippen molar-refractivity contribution >= 4 is 17.4 Å². The van der Waals surface area contributed by atoms with Gasteiger partial charge in [-0.15, -0.1) is 11.8 Å². The lowest BCUT2D eigenvalue weighted by molar-refractivity contribution is 0.339. The average Bonchev–Trinajstić information content (AvgIpc) is 2.29. The molecule has 0 spiro atoms. The number of nitrogens with two attached hydrogens (primary N) is 1. The van der Waals surface area contributed by atoms with Gasteiger partial charge in [-0.1, -0.05) is 19.8 Å². The highest BCUT2D eigenvalue weighted by Gasteiger charge is 2.02. The van der Waals surface area contributed by atoms with E-state index >= 15 is 0 Å². The fourth-order valence-corrected chi connectivity index (χ4v) is 2.43. The molecule has 0 atom stereocenters. The van der Waals surface area contributed by atoms with E-state index in [9.17, 15) is 0 Å². The fraction of sp³-hybridized carbons (Fsp3) is 0.538. The van der Waals surface area contributed by atoms with Crippen LogP contribution in [0.25, 0.3) is 0 Å². The molecule has 3 heteroatoms. The van der Waals surface area contributed by atoms with Gasteiger partial charge in [-0.05, 0) is 37.3 Å². The number of rotatable bonds is 7. The molecule has 16 heavy (non-hydrogen) atoms. The van der Waals surface area contributed by atoms with E-state index in [2.05, 4.69) is 6.92 Å². The van der Waals surface area contributed by atoms with Crippen molar-refractivity contribution in [1.29, 1.82) is 0 Å². The van der Waals surface area contributed by atoms with Crippen LogP contribution < -0.4 is 10.5 Å². The number of ether oxygens (including phenoxy) is 1. The molecule has 1 aromatic carbocycles. The number of nitrogen functional groups attached to an aromatic ring is 1. The van der Waals surface area contributed by atoms with Crippen LogP contribution in [0.15, 0.2) is 23.1 Å². The van der Waals surface area contributed by atoms with Gasteiger partial charge in [-0.2, -0.15) is 0 Å². The van der Waals surface area contributed by atoms with Crippen molar-refractivity contribution < 1.29 is 4.74 Å². The highest BCUT2D eigenvalue weighted by atomic mass is 32.2. The Morgan fingerprint density at radius 3 is 2.75 bits per heavy atom. The van der Waals surface area contributed by atoms with Gasteiger partial charge in [-0.25, -0.2) is 0 Å². The van der Waals surface area contributed by atoms with Gasteiger partial charge in [0, 0.05) is 10.6 Å². The number of thioether (sulfide) groups is 1. The molecule has 0 aliphatic carbocycles. The molecule has 2 nitrogen and oxygen atoms in total. The molecule has 0 aromatic heterocycles. The predicted octanol–water partition coefficient (Wildman–Crippen LogP) is 3.95. The minimum absolute atomic E-state index is 0.698. The van der Waals surface area contributed by atoms with Crippen LogP contribution in [-0.2, 0) is 0 Å². The van der Waals surface area contributed by atoms with E-state index in [-0.39, 0.29) is 0 Å². The summed E-state index contributed by atoms with van der Waals surface area (Å²) in [5.41, 5.74) is 6.78. The van der Waals surface area contributed by atoms with Crippen molar-refractivity contribution in [2.45, 2.75) is 38.0 Å². The first-order valence-corrected chi connectivity index (χ1v) is 6.91. The minimum atomic E-state index is 0.698. The van der Waals surface area contributed by atoms with Crippen molar-refractivity contribution in [3.05, 3.63) is 18.2 Å². The van der Waals surface area contributed by atoms with Crippen LogP contribution in [0, 0.1) is 0 Å². The van der Waals surface area contributed by atoms with E-state index in [1.54, 1.807) is 0 Å². The van der Waals surface area contributed by atoms with Crippen LogP contribution in [0.2, 0.25) is 0 Å². The summed E-state index contributed by atoms with van der Waals surface area (Å²) in [6.45, 7) is 4.91. The second kappa shape index (κ2) is 7.44. The normalized spacial score (nSPS) is 10.4. The molecule has 0 saturated heterocycles. The van der Waals surface area contributed by atoms with Crippen molar-refractivity contribution in [1.82, 2.24) is 0 Å². The molecule has 2 N–H and O–H groups in total. The molecule has 0 unspecified atom stereocenters. The van der Waals surface area contributed by atoms with Gasteiger partial charge in [0.1, 0.15) is 5.75 Å². The van der Waals surface area contributed by atoms with Crippen molar-refractivity contribution in [3.8, 4) is 5.75 Å². The molecule has 0 aliphatic heterocycles. The van der Waals surface area contributed by atoms with Gasteiger partial charge in [0.2, 0.25) is 0 Å². The zero-order valence-electron chi connectivity index (χ0n) is 10.2. The first-order chi connectivity index (χ1) is 7.77. The lowest BCUT2D eigenvalue weighted by Crippen LogP contribution is -1.94. The molecule has 0 bridgehead atoms. The van der Waals surface area contributed by atoms with Gasteiger partial charge in [-0.3, -0.25) is 0 Å². The number of unbranched alkanes of at least 4 members (excludes halogenated alkanes) is 2. The summed E-state index contributed by atoms with van der Waals surface area (Å²) in [6.07, 6.45) is 3.80. The molecule has 0 radical (unpaired) electrons. The highest BCUT2D eigenvalue weighted by molar-refractivity contribution is 7.99. The molecular weight excluding hydrogens is 218 g/mol. The fourth-order valence-electron chi connectivity index (χ4n) is 1.43. The highest BCUT2D eigenvalue weighted by Crippen LogP contribution is 2.29. The Labute approximate surface area is 103 Å². The van der Waals surface area contributed by atoms with Crippen LogP contribution in [0.1, 0.15) is 33.1 Å². The van der Waals surface area contributed by atoms with Gasteiger partial charge >= 0.3 is 0 Å². The van der Waals surface area contributed by atoms with Crippen molar-refractivity contribution in [2.24, 2.45) is 0 Å². The van der Waals surface area contributed by atoms with Gasteiger partial charge in [0.15, 0.2) is 0 Å². The first kappa shape index (κ1) is 13.2. The third kappa shape index (κ3) is 4.35. The third-order valence-electron chi connectivity index (χ3n) is 2.30. The van der Waals surface area contributed by atoms with Gasteiger partial charge < -0.3 is 10.5 Å². The SMILES string of the molecule is CCCCCSc1cc(OCC)ccc1N. The molecule has 0 heterocycles. The molecule has 1 rings (SSSR count). The largest absolute Gasteiger partial charge is 0.494 e. The Morgan fingerprint density at radius 2 is 2.06 bits per heavy atom. The van der Waals surface area contributed by atoms with Crippen LogP contribution in [0.5, 0.6) is 5.75 Å². The summed E-state index contributed by atoms with van der Waals surface area (Å²) in [7, 11) is 0. The summed E-state index contributed by atoms with van der Waals surface area (Å²) in [6, 6.07) is 5.89. The zero-order valence-corrected chi connectivity index (χ0v) is 11.0. The lowest BCUT2D eigenvalue weighted by atomic mass is 10.3. The van der Waals surface area contributed by atoms with Gasteiger partial charge in [0.05, 0.1) is 6.61 Å². The molecular formula is C13H21NOS. The Kier molecular flexibility index (Phi) is 6.16. The summed E-state index contributed by atoms with van der Waals surface area (Å²) >= 11 is 1.82. The second-order valence-electron chi connectivity index (χ2n) is 3.69. The maximum atomic E-state index is 5.92. The summed E-state index contributed by atoms with van der Waals surface area (Å²) in [5.74, 6) is 2.04. The first-order valence-electron chi connectivity index (χ1n) is 5.93. The maximum absolute atomic E-state index is 5.92. The van der Waals surface area contributed by atoms with E-state index in [4.69, 9.17) is 10.5 Å². The number of anilines is 1. The van der Waals surface area contributed by atoms with Gasteiger partial charge in [0.25, 0.3) is 0 Å². The lowest BCUT2D eigenvalue weighted by Gasteiger charge is -2.08.